The zero-order valence-electron chi connectivity index (χ0n) is 28.6. The van der Waals surface area contributed by atoms with E-state index in [1.54, 1.807) is 22.7 Å². The van der Waals surface area contributed by atoms with Gasteiger partial charge in [-0.15, -0.1) is 22.7 Å². The first kappa shape index (κ1) is 38.1. The molecule has 0 fully saturated rings. The highest BCUT2D eigenvalue weighted by Crippen LogP contribution is 2.36. The molecule has 0 aliphatic rings. The van der Waals surface area contributed by atoms with E-state index in [1.165, 1.54) is 20.5 Å². The molecule has 0 radical (unpaired) electrons. The molecule has 0 amide bonds. The summed E-state index contributed by atoms with van der Waals surface area (Å²) in [4.78, 5) is 20.6. The number of aliphatic carboxylic acids is 2. The van der Waals surface area contributed by atoms with Crippen molar-refractivity contribution in [3.8, 4) is 11.5 Å². The molecule has 4 aromatic carbocycles. The van der Waals surface area contributed by atoms with Crippen molar-refractivity contribution in [2.45, 2.75) is 63.8 Å². The van der Waals surface area contributed by atoms with Gasteiger partial charge in [-0.1, -0.05) is 84.9 Å². The minimum atomic E-state index is -1.82. The summed E-state index contributed by atoms with van der Waals surface area (Å²) in [6.45, 7) is 8.17. The minimum absolute atomic E-state index is 0.0224. The predicted octanol–water partition coefficient (Wildman–Crippen LogP) is 9.45. The summed E-state index contributed by atoms with van der Waals surface area (Å²) in [6.07, 6.45) is 1.50. The number of ether oxygens (including phenoxy) is 2. The molecule has 2 atom stereocenters. The van der Waals surface area contributed by atoms with Gasteiger partial charge < -0.3 is 31.2 Å². The van der Waals surface area contributed by atoms with Crippen molar-refractivity contribution in [2.75, 3.05) is 0 Å². The van der Waals surface area contributed by atoms with Crippen LogP contribution in [0.3, 0.4) is 0 Å². The summed E-state index contributed by atoms with van der Waals surface area (Å²) < 4.78 is 12.8. The van der Waals surface area contributed by atoms with Gasteiger partial charge in [-0.05, 0) is 73.5 Å². The summed E-state index contributed by atoms with van der Waals surface area (Å²) in [6, 6.07) is 37.3. The van der Waals surface area contributed by atoms with Gasteiger partial charge >= 0.3 is 11.9 Å². The van der Waals surface area contributed by atoms with Gasteiger partial charge in [0.2, 0.25) is 0 Å². The van der Waals surface area contributed by atoms with E-state index in [0.29, 0.717) is 0 Å². The molecule has 262 valence electrons. The summed E-state index contributed by atoms with van der Waals surface area (Å²) >= 11 is 3.43. The van der Waals surface area contributed by atoms with Crippen molar-refractivity contribution >= 4 is 56.2 Å². The lowest BCUT2D eigenvalue weighted by Gasteiger charge is -2.26. The van der Waals surface area contributed by atoms with Crippen LogP contribution in [0.4, 0.5) is 0 Å². The van der Waals surface area contributed by atoms with Crippen LogP contribution >= 0.6 is 22.7 Å². The maximum absolute atomic E-state index is 9.10. The molecule has 8 nitrogen and oxygen atoms in total. The first-order chi connectivity index (χ1) is 23.7. The molecule has 0 aliphatic carbocycles. The molecular formula is C40H44N2O6S2. The highest BCUT2D eigenvalue weighted by atomic mass is 32.1. The lowest BCUT2D eigenvalue weighted by molar-refractivity contribution is -0.159. The van der Waals surface area contributed by atoms with Gasteiger partial charge in [-0.25, -0.2) is 9.59 Å². The zero-order chi connectivity index (χ0) is 36.3. The molecule has 0 spiro atoms. The Morgan fingerprint density at radius 1 is 0.580 bits per heavy atom. The number of thiophene rings is 2. The third kappa shape index (κ3) is 11.7. The Morgan fingerprint density at radius 2 is 0.940 bits per heavy atom. The highest BCUT2D eigenvalue weighted by Gasteiger charge is 2.25. The average Bonchev–Trinajstić information content (AvgIpc) is 3.80. The van der Waals surface area contributed by atoms with E-state index >= 15 is 0 Å². The van der Waals surface area contributed by atoms with E-state index in [1.807, 2.05) is 76.2 Å². The summed E-state index contributed by atoms with van der Waals surface area (Å²) in [5.41, 5.74) is 11.9. The number of carboxylic acid groups (broad SMARTS) is 2. The van der Waals surface area contributed by atoms with E-state index in [0.717, 1.165) is 35.1 Å². The fourth-order valence-electron chi connectivity index (χ4n) is 5.21. The lowest BCUT2D eigenvalue weighted by atomic mass is 9.97. The average molecular weight is 713 g/mol. The van der Waals surface area contributed by atoms with Crippen molar-refractivity contribution in [1.82, 2.24) is 0 Å². The summed E-state index contributed by atoms with van der Waals surface area (Å²) in [5, 5.41) is 23.6. The molecule has 6 aromatic rings. The van der Waals surface area contributed by atoms with Crippen molar-refractivity contribution in [1.29, 1.82) is 0 Å². The van der Waals surface area contributed by atoms with Crippen LogP contribution in [0.15, 0.2) is 120 Å². The Bertz CT molecular complexity index is 1810. The third-order valence-electron chi connectivity index (χ3n) is 7.36. The summed E-state index contributed by atoms with van der Waals surface area (Å²) in [5.74, 6) is -1.81. The molecule has 6 rings (SSSR count). The first-order valence-electron chi connectivity index (χ1n) is 16.1. The van der Waals surface area contributed by atoms with Gasteiger partial charge in [0.1, 0.15) is 23.7 Å². The first-order valence-corrected chi connectivity index (χ1v) is 17.9. The molecule has 6 N–H and O–H groups in total. The van der Waals surface area contributed by atoms with E-state index in [4.69, 9.17) is 40.7 Å². The molecule has 2 unspecified atom stereocenters. The Hall–Kier alpha value is -4.74. The van der Waals surface area contributed by atoms with E-state index in [9.17, 15) is 0 Å². The molecular weight excluding hydrogens is 669 g/mol. The van der Waals surface area contributed by atoms with Gasteiger partial charge in [-0.3, -0.25) is 0 Å². The normalized spacial score (nSPS) is 12.5. The van der Waals surface area contributed by atoms with Crippen LogP contribution in [-0.2, 0) is 9.59 Å². The molecule has 10 heteroatoms. The molecule has 0 aliphatic heterocycles. The largest absolute Gasteiger partial charge is 0.484 e. The number of hydrogen-bond donors (Lipinski definition) is 4. The van der Waals surface area contributed by atoms with Crippen molar-refractivity contribution < 1.29 is 29.3 Å². The van der Waals surface area contributed by atoms with Crippen LogP contribution < -0.4 is 20.9 Å². The number of benzene rings is 4. The number of hydrogen-bond acceptors (Lipinski definition) is 8. The number of rotatable bonds is 10. The lowest BCUT2D eigenvalue weighted by Crippen LogP contribution is -2.35. The van der Waals surface area contributed by atoms with Crippen LogP contribution in [-0.4, -0.2) is 33.2 Å². The van der Waals surface area contributed by atoms with E-state index in [-0.39, 0.29) is 23.3 Å². The molecule has 2 aromatic heterocycles. The Morgan fingerprint density at radius 3 is 1.26 bits per heavy atom. The maximum atomic E-state index is 9.10. The van der Waals surface area contributed by atoms with Crippen LogP contribution in [0.1, 0.15) is 62.5 Å². The third-order valence-corrected chi connectivity index (χ3v) is 9.29. The fourth-order valence-corrected chi connectivity index (χ4v) is 6.72. The SMILES string of the molecule is CC(C)(N)CC(Oc1cccc2ccccc12)c1cccs1.CC(C)(N)CC(Oc1cccc2ccccc12)c1cccs1.O=C(O)C(=O)O. The van der Waals surface area contributed by atoms with Gasteiger partial charge in [0.05, 0.1) is 0 Å². The number of nitrogens with two attached hydrogens (primary N) is 2. The van der Waals surface area contributed by atoms with Crippen molar-refractivity contribution in [2.24, 2.45) is 11.5 Å². The van der Waals surface area contributed by atoms with E-state index < -0.39 is 11.9 Å². The minimum Gasteiger partial charge on any atom is -0.484 e. The van der Waals surface area contributed by atoms with Gasteiger partial charge in [0.25, 0.3) is 0 Å². The van der Waals surface area contributed by atoms with Gasteiger partial charge in [0, 0.05) is 44.4 Å². The van der Waals surface area contributed by atoms with Crippen LogP contribution in [0.25, 0.3) is 21.5 Å². The Balaban J connectivity index is 0.000000194. The maximum Gasteiger partial charge on any atom is 0.414 e. The smallest absolute Gasteiger partial charge is 0.414 e. The standard InChI is InChI=1S/2C19H21NOS.C2H2O4/c2*1-19(2,20)13-17(18-11-6-12-22-18)21-16-10-5-8-14-7-3-4-9-15(14)16;3-1(4)2(5)6/h2*3-12,17H,13,20H2,1-2H3;(H,3,4)(H,5,6). The predicted molar refractivity (Wildman–Crippen MR) is 204 cm³/mol. The fraction of sp³-hybridized carbons (Fsp3) is 0.250. The van der Waals surface area contributed by atoms with Crippen LogP contribution in [0.5, 0.6) is 11.5 Å². The van der Waals surface area contributed by atoms with Crippen LogP contribution in [0, 0.1) is 0 Å². The molecule has 0 saturated carbocycles. The second-order valence-electron chi connectivity index (χ2n) is 13.2. The second-order valence-corrected chi connectivity index (χ2v) is 15.2. The second kappa shape index (κ2) is 17.3. The highest BCUT2D eigenvalue weighted by molar-refractivity contribution is 7.10. The van der Waals surface area contributed by atoms with Crippen molar-refractivity contribution in [3.63, 3.8) is 0 Å². The van der Waals surface area contributed by atoms with Gasteiger partial charge in [0.15, 0.2) is 0 Å². The van der Waals surface area contributed by atoms with Crippen LogP contribution in [0.2, 0.25) is 0 Å². The molecule has 0 bridgehead atoms. The topological polar surface area (TPSA) is 145 Å². The number of carboxylic acids is 2. The Kier molecular flexibility index (Phi) is 13.1. The zero-order valence-corrected chi connectivity index (χ0v) is 30.2. The quantitative estimate of drug-likeness (QED) is 0.103. The summed E-state index contributed by atoms with van der Waals surface area (Å²) in [7, 11) is 0. The van der Waals surface area contributed by atoms with Gasteiger partial charge in [-0.2, -0.15) is 0 Å². The molecule has 0 saturated heterocycles. The number of carbonyl (C=O) groups is 2. The Labute approximate surface area is 300 Å². The van der Waals surface area contributed by atoms with Crippen molar-refractivity contribution in [3.05, 3.63) is 130 Å². The molecule has 2 heterocycles. The monoisotopic (exact) mass is 712 g/mol. The molecule has 50 heavy (non-hydrogen) atoms. The van der Waals surface area contributed by atoms with E-state index in [2.05, 4.69) is 71.4 Å². The number of fused-ring (bicyclic) bond motifs is 2.